The highest BCUT2D eigenvalue weighted by Crippen LogP contribution is 2.30. The highest BCUT2D eigenvalue weighted by atomic mass is 17.1. The van der Waals surface area contributed by atoms with E-state index in [1.165, 1.54) is 4.90 Å². The van der Waals surface area contributed by atoms with Crippen molar-refractivity contribution >= 4 is 18.0 Å². The number of carboxylic acids is 1. The van der Waals surface area contributed by atoms with Gasteiger partial charge in [-0.2, -0.15) is 0 Å². The summed E-state index contributed by atoms with van der Waals surface area (Å²) in [6.45, 7) is 7.13. The largest absolute Gasteiger partial charge is 0.510 e. The monoisotopic (exact) mass is 628 g/mol. The van der Waals surface area contributed by atoms with E-state index in [1.54, 1.807) is 20.8 Å². The Morgan fingerprint density at radius 3 is 2.27 bits per heavy atom. The van der Waals surface area contributed by atoms with Crippen LogP contribution in [0.3, 0.4) is 0 Å². The second-order valence-electron chi connectivity index (χ2n) is 10.6. The van der Waals surface area contributed by atoms with E-state index in [4.69, 9.17) is 19.9 Å². The molecule has 15 nitrogen and oxygen atoms in total. The first-order valence-corrected chi connectivity index (χ1v) is 14.7. The lowest BCUT2D eigenvalue weighted by Crippen LogP contribution is -2.47. The molecule has 1 heterocycles. The minimum atomic E-state index is -1.03. The first-order valence-electron chi connectivity index (χ1n) is 14.7. The van der Waals surface area contributed by atoms with E-state index in [9.17, 15) is 19.5 Å². The van der Waals surface area contributed by atoms with Crippen LogP contribution in [0.25, 0.3) is 22.5 Å². The van der Waals surface area contributed by atoms with Crippen LogP contribution < -0.4 is 0 Å². The summed E-state index contributed by atoms with van der Waals surface area (Å²) in [5, 5.41) is 38.9. The molecule has 0 bridgehead atoms. The number of nitrogens with zero attached hydrogens (tertiary/aromatic N) is 6. The molecule has 2 atom stereocenters. The van der Waals surface area contributed by atoms with Crippen molar-refractivity contribution in [3.63, 3.8) is 0 Å². The Labute approximate surface area is 260 Å². The van der Waals surface area contributed by atoms with Crippen LogP contribution in [0.5, 0.6) is 0 Å². The van der Waals surface area contributed by atoms with Gasteiger partial charge in [-0.15, -0.1) is 15.0 Å². The summed E-state index contributed by atoms with van der Waals surface area (Å²) in [6, 6.07) is 14.0. The number of carbonyl (C=O) groups is 3. The van der Waals surface area contributed by atoms with Crippen molar-refractivity contribution < 1.29 is 44.2 Å². The molecule has 0 aliphatic heterocycles. The molecule has 3 aromatic rings. The average Bonchev–Trinajstić information content (AvgIpc) is 3.50. The SMILES string of the molecule is CCCCC(=O)N(Cc1ccc(-c2ccccc2-c2nnn(C(C)OC(=O)OCCCON(O)O)n2)cc1)[C@H](C(=O)O)C(C)C. The number of aliphatic carboxylic acids is 1. The standard InChI is InChI=1S/C30H40N6O9/c1-5-6-12-26(37)34(27(20(2)3)29(38)39)19-22-13-15-23(16-14-22)24-10-7-8-11-25(24)28-31-33-35(32-28)21(4)45-30(40)43-17-9-18-44-36(41)42/h7-8,10-11,13-16,20-21,27,41-42H,5-6,9,12,17-19H2,1-4H3,(H,38,39)/t21?,27-/m0/s1. The highest BCUT2D eigenvalue weighted by Gasteiger charge is 2.32. The molecule has 1 amide bonds. The van der Waals surface area contributed by atoms with Crippen molar-refractivity contribution in [3.8, 4) is 22.5 Å². The molecule has 244 valence electrons. The molecule has 3 rings (SSSR count). The van der Waals surface area contributed by atoms with Crippen LogP contribution in [0, 0.1) is 5.92 Å². The van der Waals surface area contributed by atoms with E-state index >= 15 is 0 Å². The van der Waals surface area contributed by atoms with Gasteiger partial charge in [-0.25, -0.2) is 9.59 Å². The topological polar surface area (TPSA) is 190 Å². The zero-order valence-corrected chi connectivity index (χ0v) is 25.8. The smallest absolute Gasteiger partial charge is 0.480 e. The molecule has 0 radical (unpaired) electrons. The predicted octanol–water partition coefficient (Wildman–Crippen LogP) is 4.71. The number of tetrazole rings is 1. The summed E-state index contributed by atoms with van der Waals surface area (Å²) in [5.74, 6) is -1.17. The lowest BCUT2D eigenvalue weighted by molar-refractivity contribution is -0.492. The molecule has 1 unspecified atom stereocenters. The number of carbonyl (C=O) groups excluding carboxylic acids is 2. The Hall–Kier alpha value is -4.44. The zero-order valence-electron chi connectivity index (χ0n) is 25.8. The maximum absolute atomic E-state index is 13.0. The minimum Gasteiger partial charge on any atom is -0.480 e. The summed E-state index contributed by atoms with van der Waals surface area (Å²) in [4.78, 5) is 44.1. The van der Waals surface area contributed by atoms with Crippen molar-refractivity contribution in [1.29, 1.82) is 0 Å². The quantitative estimate of drug-likeness (QED) is 0.106. The van der Waals surface area contributed by atoms with Gasteiger partial charge in [-0.3, -0.25) is 20.0 Å². The third kappa shape index (κ3) is 10.3. The number of rotatable bonds is 17. The van der Waals surface area contributed by atoms with Gasteiger partial charge in [0.05, 0.1) is 18.6 Å². The fraction of sp³-hybridized carbons (Fsp3) is 0.467. The number of hydrogen-bond acceptors (Lipinski definition) is 12. The van der Waals surface area contributed by atoms with E-state index < -0.39 is 29.8 Å². The summed E-state index contributed by atoms with van der Waals surface area (Å²) in [7, 11) is 0. The van der Waals surface area contributed by atoms with E-state index in [-0.39, 0.29) is 38.0 Å². The van der Waals surface area contributed by atoms with Crippen LogP contribution >= 0.6 is 0 Å². The molecule has 2 aromatic carbocycles. The second-order valence-corrected chi connectivity index (χ2v) is 10.6. The first kappa shape index (κ1) is 35.0. The number of amides is 1. The Morgan fingerprint density at radius 2 is 1.64 bits per heavy atom. The number of carboxylic acid groups (broad SMARTS) is 1. The van der Waals surface area contributed by atoms with Gasteiger partial charge in [0.25, 0.3) is 0 Å². The molecular weight excluding hydrogens is 588 g/mol. The van der Waals surface area contributed by atoms with Crippen LogP contribution in [0.4, 0.5) is 4.79 Å². The third-order valence-electron chi connectivity index (χ3n) is 6.81. The molecule has 0 spiro atoms. The van der Waals surface area contributed by atoms with Gasteiger partial charge in [-0.1, -0.05) is 75.7 Å². The minimum absolute atomic E-state index is 0.0767. The number of ether oxygens (including phenoxy) is 2. The first-order chi connectivity index (χ1) is 21.5. The predicted molar refractivity (Wildman–Crippen MR) is 158 cm³/mol. The molecule has 0 saturated heterocycles. The highest BCUT2D eigenvalue weighted by molar-refractivity contribution is 5.84. The zero-order chi connectivity index (χ0) is 32.9. The van der Waals surface area contributed by atoms with Gasteiger partial charge >= 0.3 is 12.1 Å². The number of benzene rings is 2. The summed E-state index contributed by atoms with van der Waals surface area (Å²) >= 11 is 0. The number of aromatic nitrogens is 4. The fourth-order valence-electron chi connectivity index (χ4n) is 4.58. The molecule has 3 N–H and O–H groups in total. The lowest BCUT2D eigenvalue weighted by Gasteiger charge is -2.32. The third-order valence-corrected chi connectivity index (χ3v) is 6.81. The van der Waals surface area contributed by atoms with Crippen molar-refractivity contribution in [2.24, 2.45) is 5.92 Å². The van der Waals surface area contributed by atoms with Gasteiger partial charge in [0.15, 0.2) is 0 Å². The van der Waals surface area contributed by atoms with Gasteiger partial charge in [0.2, 0.25) is 18.0 Å². The van der Waals surface area contributed by atoms with Crippen molar-refractivity contribution in [2.45, 2.75) is 72.2 Å². The van der Waals surface area contributed by atoms with Gasteiger partial charge in [0.1, 0.15) is 6.04 Å². The molecule has 15 heteroatoms. The molecule has 0 saturated carbocycles. The van der Waals surface area contributed by atoms with Gasteiger partial charge < -0.3 is 19.5 Å². The molecule has 0 aliphatic carbocycles. The van der Waals surface area contributed by atoms with E-state index in [2.05, 4.69) is 20.2 Å². The van der Waals surface area contributed by atoms with E-state index in [0.29, 0.717) is 24.2 Å². The number of unbranched alkanes of at least 4 members (excludes halogenated alkanes) is 1. The van der Waals surface area contributed by atoms with Crippen LogP contribution in [0.1, 0.15) is 65.2 Å². The van der Waals surface area contributed by atoms with Crippen LogP contribution in [0.15, 0.2) is 48.5 Å². The van der Waals surface area contributed by atoms with Crippen molar-refractivity contribution in [3.05, 3.63) is 54.1 Å². The summed E-state index contributed by atoms with van der Waals surface area (Å²) < 4.78 is 10.1. The maximum Gasteiger partial charge on any atom is 0.510 e. The Kier molecular flexibility index (Phi) is 13.4. The van der Waals surface area contributed by atoms with Crippen molar-refractivity contribution in [2.75, 3.05) is 13.2 Å². The summed E-state index contributed by atoms with van der Waals surface area (Å²) in [5.41, 5.74) is 3.13. The van der Waals surface area contributed by atoms with Crippen LogP contribution in [-0.4, -0.2) is 83.3 Å². The Morgan fingerprint density at radius 1 is 0.956 bits per heavy atom. The fourth-order valence-corrected chi connectivity index (χ4v) is 4.58. The molecule has 0 aliphatic rings. The van der Waals surface area contributed by atoms with Crippen molar-refractivity contribution in [1.82, 2.24) is 30.5 Å². The maximum atomic E-state index is 13.0. The van der Waals surface area contributed by atoms with E-state index in [1.807, 2.05) is 55.5 Å². The van der Waals surface area contributed by atoms with Gasteiger partial charge in [-0.05, 0) is 41.2 Å². The van der Waals surface area contributed by atoms with Crippen LogP contribution in [0.2, 0.25) is 0 Å². The average molecular weight is 629 g/mol. The second kappa shape index (κ2) is 17.2. The Balaban J connectivity index is 1.73. The molecule has 0 fully saturated rings. The molecular formula is C30H40N6O9. The molecule has 45 heavy (non-hydrogen) atoms. The van der Waals surface area contributed by atoms with Crippen LogP contribution in [-0.2, 0) is 30.4 Å². The van der Waals surface area contributed by atoms with Gasteiger partial charge in [0, 0.05) is 24.9 Å². The summed E-state index contributed by atoms with van der Waals surface area (Å²) in [6.07, 6.45) is 0.109. The Bertz CT molecular complexity index is 1400. The molecule has 1 aromatic heterocycles. The number of hydrogen-bond donors (Lipinski definition) is 3. The normalized spacial score (nSPS) is 12.6. The lowest BCUT2D eigenvalue weighted by atomic mass is 9.97. The van der Waals surface area contributed by atoms with E-state index in [0.717, 1.165) is 27.9 Å².